The van der Waals surface area contributed by atoms with Gasteiger partial charge >= 0.3 is 0 Å². The van der Waals surface area contributed by atoms with Gasteiger partial charge < -0.3 is 14.6 Å². The van der Waals surface area contributed by atoms with Crippen LogP contribution in [0.15, 0.2) is 18.2 Å². The van der Waals surface area contributed by atoms with Gasteiger partial charge in [0.25, 0.3) is 0 Å². The average Bonchev–Trinajstić information content (AvgIpc) is 2.43. The van der Waals surface area contributed by atoms with Gasteiger partial charge in [0.15, 0.2) is 5.78 Å². The third kappa shape index (κ3) is 4.05. The Bertz CT molecular complexity index is 468. The summed E-state index contributed by atoms with van der Waals surface area (Å²) in [5, 5.41) is 9.73. The van der Waals surface area contributed by atoms with Crippen molar-refractivity contribution < 1.29 is 19.4 Å². The van der Waals surface area contributed by atoms with Crippen LogP contribution >= 0.6 is 0 Å². The summed E-state index contributed by atoms with van der Waals surface area (Å²) in [5.41, 5.74) is 1.86. The van der Waals surface area contributed by atoms with Crippen LogP contribution in [-0.4, -0.2) is 36.3 Å². The Kier molecular flexibility index (Phi) is 5.15. The first-order valence-corrected chi connectivity index (χ1v) is 7.15. The van der Waals surface area contributed by atoms with E-state index in [9.17, 15) is 9.90 Å². The summed E-state index contributed by atoms with van der Waals surface area (Å²) in [7, 11) is 0. The number of aliphatic hydroxyl groups is 1. The first-order valence-electron chi connectivity index (χ1n) is 7.15. The Morgan fingerprint density at radius 1 is 1.25 bits per heavy atom. The van der Waals surface area contributed by atoms with Crippen LogP contribution in [0, 0.1) is 0 Å². The number of aryl methyl sites for hydroxylation is 1. The van der Waals surface area contributed by atoms with Crippen molar-refractivity contribution in [1.82, 2.24) is 0 Å². The molecule has 0 radical (unpaired) electrons. The molecule has 0 fully saturated rings. The van der Waals surface area contributed by atoms with Crippen LogP contribution < -0.4 is 4.74 Å². The number of ketones is 1. The van der Waals surface area contributed by atoms with Crippen LogP contribution in [0.5, 0.6) is 5.75 Å². The Morgan fingerprint density at radius 2 is 2.05 bits per heavy atom. The lowest BCUT2D eigenvalue weighted by Crippen LogP contribution is -2.25. The number of hydrogen-bond donors (Lipinski definition) is 1. The SMILES string of the molecule is CC(C)OCC(O)COc1ccc2c(c1)C(=O)CCC2. The second-order valence-electron chi connectivity index (χ2n) is 5.44. The van der Waals surface area contributed by atoms with Crippen molar-refractivity contribution in [3.8, 4) is 5.75 Å². The van der Waals surface area contributed by atoms with Gasteiger partial charge in [0, 0.05) is 12.0 Å². The summed E-state index contributed by atoms with van der Waals surface area (Å²) < 4.78 is 10.8. The normalized spacial score (nSPS) is 16.1. The van der Waals surface area contributed by atoms with E-state index >= 15 is 0 Å². The predicted octanol–water partition coefficient (Wildman–Crippen LogP) is 2.37. The van der Waals surface area contributed by atoms with Crippen molar-refractivity contribution in [3.63, 3.8) is 0 Å². The van der Waals surface area contributed by atoms with Gasteiger partial charge in [0.05, 0.1) is 12.7 Å². The molecule has 0 spiro atoms. The van der Waals surface area contributed by atoms with Crippen molar-refractivity contribution in [3.05, 3.63) is 29.3 Å². The highest BCUT2D eigenvalue weighted by molar-refractivity contribution is 5.98. The van der Waals surface area contributed by atoms with E-state index in [1.807, 2.05) is 26.0 Å². The number of hydrogen-bond acceptors (Lipinski definition) is 4. The van der Waals surface area contributed by atoms with Gasteiger partial charge in [-0.05, 0) is 44.4 Å². The molecule has 1 aromatic carbocycles. The summed E-state index contributed by atoms with van der Waals surface area (Å²) in [6.07, 6.45) is 1.92. The molecule has 1 aromatic rings. The van der Waals surface area contributed by atoms with Crippen LogP contribution in [0.3, 0.4) is 0 Å². The van der Waals surface area contributed by atoms with Crippen LogP contribution in [0.4, 0.5) is 0 Å². The average molecular weight is 278 g/mol. The van der Waals surface area contributed by atoms with E-state index in [-0.39, 0.29) is 25.1 Å². The summed E-state index contributed by atoms with van der Waals surface area (Å²) in [6.45, 7) is 4.26. The Balaban J connectivity index is 1.90. The largest absolute Gasteiger partial charge is 0.491 e. The van der Waals surface area contributed by atoms with Gasteiger partial charge in [-0.3, -0.25) is 4.79 Å². The maximum atomic E-state index is 11.8. The second-order valence-corrected chi connectivity index (χ2v) is 5.44. The zero-order chi connectivity index (χ0) is 14.5. The molecule has 4 heteroatoms. The van der Waals surface area contributed by atoms with Gasteiger partial charge in [0.1, 0.15) is 18.5 Å². The standard InChI is InChI=1S/C16H22O4/c1-11(2)19-9-13(17)10-20-14-7-6-12-4-3-5-16(18)15(12)8-14/h6-8,11,13,17H,3-5,9-10H2,1-2H3. The minimum absolute atomic E-state index is 0.0889. The van der Waals surface area contributed by atoms with E-state index in [4.69, 9.17) is 9.47 Å². The Labute approximate surface area is 119 Å². The van der Waals surface area contributed by atoms with Gasteiger partial charge in [-0.1, -0.05) is 6.07 Å². The van der Waals surface area contributed by atoms with E-state index in [0.717, 1.165) is 24.0 Å². The van der Waals surface area contributed by atoms with E-state index in [1.165, 1.54) is 0 Å². The number of benzene rings is 1. The summed E-state index contributed by atoms with van der Waals surface area (Å²) in [4.78, 5) is 11.8. The summed E-state index contributed by atoms with van der Waals surface area (Å²) in [5.74, 6) is 0.808. The van der Waals surface area contributed by atoms with E-state index < -0.39 is 6.10 Å². The van der Waals surface area contributed by atoms with Gasteiger partial charge in [-0.15, -0.1) is 0 Å². The number of fused-ring (bicyclic) bond motifs is 1. The van der Waals surface area contributed by atoms with Crippen molar-refractivity contribution in [1.29, 1.82) is 0 Å². The zero-order valence-corrected chi connectivity index (χ0v) is 12.1. The Hall–Kier alpha value is -1.39. The molecule has 0 heterocycles. The molecule has 0 amide bonds. The molecule has 4 nitrogen and oxygen atoms in total. The third-order valence-electron chi connectivity index (χ3n) is 3.30. The third-order valence-corrected chi connectivity index (χ3v) is 3.30. The summed E-state index contributed by atoms with van der Waals surface area (Å²) in [6, 6.07) is 5.58. The van der Waals surface area contributed by atoms with Gasteiger partial charge in [-0.25, -0.2) is 0 Å². The lowest BCUT2D eigenvalue weighted by Gasteiger charge is -2.17. The first-order chi connectivity index (χ1) is 9.56. The molecule has 1 atom stereocenters. The molecule has 0 saturated heterocycles. The van der Waals surface area contributed by atoms with E-state index in [1.54, 1.807) is 6.07 Å². The van der Waals surface area contributed by atoms with Crippen LogP contribution in [0.2, 0.25) is 0 Å². The second kappa shape index (κ2) is 6.86. The topological polar surface area (TPSA) is 55.8 Å². The fourth-order valence-corrected chi connectivity index (χ4v) is 2.24. The van der Waals surface area contributed by atoms with Crippen LogP contribution in [0.25, 0.3) is 0 Å². The number of aliphatic hydroxyl groups excluding tert-OH is 1. The molecule has 1 unspecified atom stereocenters. The van der Waals surface area contributed by atoms with E-state index in [0.29, 0.717) is 12.2 Å². The smallest absolute Gasteiger partial charge is 0.163 e. The highest BCUT2D eigenvalue weighted by Crippen LogP contribution is 2.25. The summed E-state index contributed by atoms with van der Waals surface area (Å²) >= 11 is 0. The van der Waals surface area contributed by atoms with Crippen molar-refractivity contribution in [2.24, 2.45) is 0 Å². The molecular weight excluding hydrogens is 256 g/mol. The predicted molar refractivity (Wildman–Crippen MR) is 76.3 cm³/mol. The maximum absolute atomic E-state index is 11.8. The fraction of sp³-hybridized carbons (Fsp3) is 0.562. The number of ether oxygens (including phenoxy) is 2. The highest BCUT2D eigenvalue weighted by Gasteiger charge is 2.17. The Morgan fingerprint density at radius 3 is 2.80 bits per heavy atom. The quantitative estimate of drug-likeness (QED) is 0.868. The number of carbonyl (C=O) groups excluding carboxylic acids is 1. The van der Waals surface area contributed by atoms with Crippen LogP contribution in [0.1, 0.15) is 42.6 Å². The molecular formula is C16H22O4. The molecule has 1 aliphatic carbocycles. The fourth-order valence-electron chi connectivity index (χ4n) is 2.24. The van der Waals surface area contributed by atoms with Crippen molar-refractivity contribution in [2.75, 3.05) is 13.2 Å². The molecule has 20 heavy (non-hydrogen) atoms. The first kappa shape index (κ1) is 15.0. The maximum Gasteiger partial charge on any atom is 0.163 e. The lowest BCUT2D eigenvalue weighted by molar-refractivity contribution is -0.0122. The number of carbonyl (C=O) groups is 1. The molecule has 0 bridgehead atoms. The molecule has 0 aliphatic heterocycles. The van der Waals surface area contributed by atoms with Crippen molar-refractivity contribution in [2.45, 2.75) is 45.3 Å². The molecule has 2 rings (SSSR count). The lowest BCUT2D eigenvalue weighted by atomic mass is 9.90. The monoisotopic (exact) mass is 278 g/mol. The molecule has 0 saturated carbocycles. The van der Waals surface area contributed by atoms with E-state index in [2.05, 4.69) is 0 Å². The molecule has 1 N–H and O–H groups in total. The highest BCUT2D eigenvalue weighted by atomic mass is 16.5. The number of Topliss-reactive ketones (excluding diaryl/α,β-unsaturated/α-hetero) is 1. The zero-order valence-electron chi connectivity index (χ0n) is 12.1. The minimum atomic E-state index is -0.663. The van der Waals surface area contributed by atoms with Gasteiger partial charge in [-0.2, -0.15) is 0 Å². The van der Waals surface area contributed by atoms with Gasteiger partial charge in [0.2, 0.25) is 0 Å². The number of rotatable bonds is 6. The van der Waals surface area contributed by atoms with Crippen molar-refractivity contribution >= 4 is 5.78 Å². The molecule has 110 valence electrons. The van der Waals surface area contributed by atoms with Crippen LogP contribution in [-0.2, 0) is 11.2 Å². The molecule has 0 aromatic heterocycles. The molecule has 1 aliphatic rings. The minimum Gasteiger partial charge on any atom is -0.491 e.